The molecular weight excluding hydrogens is 349 g/mol. The van der Waals surface area contributed by atoms with Crippen molar-refractivity contribution in [3.63, 3.8) is 0 Å². The first-order valence-electron chi connectivity index (χ1n) is 9.64. The largest absolute Gasteiger partial charge is 0.355 e. The van der Waals surface area contributed by atoms with Gasteiger partial charge in [0.25, 0.3) is 5.91 Å². The van der Waals surface area contributed by atoms with Gasteiger partial charge in [-0.1, -0.05) is 25.0 Å². The van der Waals surface area contributed by atoms with Crippen LogP contribution in [0.15, 0.2) is 24.3 Å². The summed E-state index contributed by atoms with van der Waals surface area (Å²) < 4.78 is 13.8. The maximum absolute atomic E-state index is 13.8. The van der Waals surface area contributed by atoms with Gasteiger partial charge in [0, 0.05) is 25.0 Å². The number of amides is 3. The number of likely N-dealkylation sites (N-methyl/N-ethyl adjacent to an activating group) is 1. The number of likely N-dealkylation sites (tertiary alicyclic amines) is 1. The first-order chi connectivity index (χ1) is 13.0. The van der Waals surface area contributed by atoms with E-state index in [1.165, 1.54) is 18.2 Å². The van der Waals surface area contributed by atoms with Gasteiger partial charge in [0.1, 0.15) is 11.9 Å². The normalized spacial score (nSPS) is 22.7. The minimum atomic E-state index is -0.594. The molecule has 3 rings (SSSR count). The van der Waals surface area contributed by atoms with Gasteiger partial charge in [0.2, 0.25) is 11.8 Å². The van der Waals surface area contributed by atoms with Crippen LogP contribution in [-0.2, 0) is 9.59 Å². The topological polar surface area (TPSA) is 78.5 Å². The highest BCUT2D eigenvalue weighted by atomic mass is 19.1. The fourth-order valence-corrected chi connectivity index (χ4v) is 4.04. The highest BCUT2D eigenvalue weighted by Crippen LogP contribution is 2.30. The lowest BCUT2D eigenvalue weighted by Crippen LogP contribution is -2.47. The minimum absolute atomic E-state index is 0.00797. The lowest BCUT2D eigenvalue weighted by Gasteiger charge is -2.26. The number of nitrogens with zero attached hydrogens (tertiary/aromatic N) is 1. The Labute approximate surface area is 158 Å². The van der Waals surface area contributed by atoms with Crippen LogP contribution in [0.2, 0.25) is 0 Å². The molecule has 6 nitrogen and oxygen atoms in total. The Hall–Kier alpha value is -2.44. The molecule has 1 aliphatic carbocycles. The number of carbonyl (C=O) groups is 3. The second kappa shape index (κ2) is 8.50. The van der Waals surface area contributed by atoms with Gasteiger partial charge in [-0.15, -0.1) is 0 Å². The minimum Gasteiger partial charge on any atom is -0.355 e. The van der Waals surface area contributed by atoms with Crippen molar-refractivity contribution in [2.45, 2.75) is 51.1 Å². The second-order valence-electron chi connectivity index (χ2n) is 7.27. The van der Waals surface area contributed by atoms with Crippen molar-refractivity contribution in [2.24, 2.45) is 5.92 Å². The molecule has 0 bridgehead atoms. The van der Waals surface area contributed by atoms with Gasteiger partial charge >= 0.3 is 0 Å². The first-order valence-corrected chi connectivity index (χ1v) is 9.64. The average Bonchev–Trinajstić information content (AvgIpc) is 3.31. The summed E-state index contributed by atoms with van der Waals surface area (Å²) in [4.78, 5) is 39.4. The molecule has 1 aliphatic heterocycles. The zero-order chi connectivity index (χ0) is 19.4. The average molecular weight is 375 g/mol. The van der Waals surface area contributed by atoms with E-state index in [1.807, 2.05) is 6.92 Å². The van der Waals surface area contributed by atoms with Crippen molar-refractivity contribution in [1.82, 2.24) is 15.5 Å². The maximum Gasteiger partial charge on any atom is 0.254 e. The van der Waals surface area contributed by atoms with Gasteiger partial charge in [-0.3, -0.25) is 14.4 Å². The number of hydrogen-bond donors (Lipinski definition) is 2. The van der Waals surface area contributed by atoms with E-state index in [2.05, 4.69) is 10.6 Å². The van der Waals surface area contributed by atoms with Crippen molar-refractivity contribution in [3.05, 3.63) is 35.6 Å². The number of benzene rings is 1. The molecule has 1 aromatic carbocycles. The van der Waals surface area contributed by atoms with E-state index < -0.39 is 17.8 Å². The molecule has 3 amide bonds. The van der Waals surface area contributed by atoms with Gasteiger partial charge in [-0.2, -0.15) is 0 Å². The molecule has 2 unspecified atom stereocenters. The smallest absolute Gasteiger partial charge is 0.254 e. The van der Waals surface area contributed by atoms with Crippen molar-refractivity contribution in [3.8, 4) is 0 Å². The summed E-state index contributed by atoms with van der Waals surface area (Å²) in [6, 6.07) is 4.80. The lowest BCUT2D eigenvalue weighted by molar-refractivity contribution is -0.141. The quantitative estimate of drug-likeness (QED) is 0.824. The summed E-state index contributed by atoms with van der Waals surface area (Å²) in [7, 11) is 0. The van der Waals surface area contributed by atoms with Crippen molar-refractivity contribution in [2.75, 3.05) is 13.1 Å². The highest BCUT2D eigenvalue weighted by molar-refractivity contribution is 5.95. The van der Waals surface area contributed by atoms with E-state index in [1.54, 1.807) is 11.0 Å². The molecule has 0 aromatic heterocycles. The second-order valence-corrected chi connectivity index (χ2v) is 7.27. The van der Waals surface area contributed by atoms with Crippen LogP contribution < -0.4 is 10.6 Å². The SMILES string of the molecule is CCNC(=O)C1CC(NC(=O)c2ccccc2F)CN1C(=O)C1CCCC1. The van der Waals surface area contributed by atoms with Gasteiger partial charge in [0.05, 0.1) is 5.56 Å². The third-order valence-corrected chi connectivity index (χ3v) is 5.40. The van der Waals surface area contributed by atoms with E-state index in [0.717, 1.165) is 25.7 Å². The summed E-state index contributed by atoms with van der Waals surface area (Å²) in [5.41, 5.74) is -0.0346. The van der Waals surface area contributed by atoms with Gasteiger partial charge in [-0.05, 0) is 38.3 Å². The summed E-state index contributed by atoms with van der Waals surface area (Å²) in [5, 5.41) is 5.56. The maximum atomic E-state index is 13.8. The van der Waals surface area contributed by atoms with Gasteiger partial charge in [0.15, 0.2) is 0 Å². The fourth-order valence-electron chi connectivity index (χ4n) is 4.04. The summed E-state index contributed by atoms with van der Waals surface area (Å²) in [6.45, 7) is 2.58. The van der Waals surface area contributed by atoms with E-state index in [9.17, 15) is 18.8 Å². The van der Waals surface area contributed by atoms with E-state index in [-0.39, 0.29) is 35.9 Å². The molecule has 146 valence electrons. The van der Waals surface area contributed by atoms with Crippen LogP contribution in [-0.4, -0.2) is 47.8 Å². The zero-order valence-electron chi connectivity index (χ0n) is 15.5. The molecule has 7 heteroatoms. The standard InChI is InChI=1S/C20H26FN3O3/c1-2-22-19(26)17-11-14(12-24(17)20(27)13-7-3-4-8-13)23-18(25)15-9-5-6-10-16(15)21/h5-6,9-10,13-14,17H,2-4,7-8,11-12H2,1H3,(H,22,26)(H,23,25). The first kappa shape index (κ1) is 19.3. The van der Waals surface area contributed by atoms with Crippen molar-refractivity contribution >= 4 is 17.7 Å². The molecule has 0 radical (unpaired) electrons. The monoisotopic (exact) mass is 375 g/mol. The Morgan fingerprint density at radius 1 is 1.19 bits per heavy atom. The molecule has 2 aliphatic rings. The Morgan fingerprint density at radius 3 is 2.56 bits per heavy atom. The van der Waals surface area contributed by atoms with Crippen molar-refractivity contribution in [1.29, 1.82) is 0 Å². The van der Waals surface area contributed by atoms with Crippen LogP contribution in [0.25, 0.3) is 0 Å². The molecule has 2 N–H and O–H groups in total. The van der Waals surface area contributed by atoms with E-state index in [0.29, 0.717) is 13.0 Å². The van der Waals surface area contributed by atoms with Gasteiger partial charge < -0.3 is 15.5 Å². The number of rotatable bonds is 5. The van der Waals surface area contributed by atoms with Gasteiger partial charge in [-0.25, -0.2) is 4.39 Å². The molecule has 2 fully saturated rings. The fraction of sp³-hybridized carbons (Fsp3) is 0.550. The van der Waals surface area contributed by atoms with Crippen molar-refractivity contribution < 1.29 is 18.8 Å². The van der Waals surface area contributed by atoms with Crippen LogP contribution in [0.5, 0.6) is 0 Å². The lowest BCUT2D eigenvalue weighted by atomic mass is 10.1. The number of carbonyl (C=O) groups excluding carboxylic acids is 3. The third-order valence-electron chi connectivity index (χ3n) is 5.40. The Morgan fingerprint density at radius 2 is 1.89 bits per heavy atom. The zero-order valence-corrected chi connectivity index (χ0v) is 15.5. The Bertz CT molecular complexity index is 718. The van der Waals surface area contributed by atoms with Crippen LogP contribution in [0.1, 0.15) is 49.4 Å². The molecule has 1 aromatic rings. The molecule has 27 heavy (non-hydrogen) atoms. The summed E-state index contributed by atoms with van der Waals surface area (Å²) in [5.74, 6) is -1.36. The van der Waals surface area contributed by atoms with Crippen LogP contribution >= 0.6 is 0 Å². The number of nitrogens with one attached hydrogen (secondary N) is 2. The predicted molar refractivity (Wildman–Crippen MR) is 98.4 cm³/mol. The highest BCUT2D eigenvalue weighted by Gasteiger charge is 2.42. The molecule has 1 heterocycles. The summed E-state index contributed by atoms with van der Waals surface area (Å²) in [6.07, 6.45) is 4.10. The molecule has 0 spiro atoms. The Kier molecular flexibility index (Phi) is 6.08. The van der Waals surface area contributed by atoms with E-state index in [4.69, 9.17) is 0 Å². The van der Waals surface area contributed by atoms with E-state index >= 15 is 0 Å². The molecule has 1 saturated heterocycles. The molecular formula is C20H26FN3O3. The van der Waals surface area contributed by atoms with Crippen LogP contribution in [0, 0.1) is 11.7 Å². The molecule has 2 atom stereocenters. The number of hydrogen-bond acceptors (Lipinski definition) is 3. The third kappa shape index (κ3) is 4.28. The number of halogens is 1. The predicted octanol–water partition coefficient (Wildman–Crippen LogP) is 1.85. The Balaban J connectivity index is 1.72. The van der Waals surface area contributed by atoms with Crippen LogP contribution in [0.3, 0.4) is 0 Å². The van der Waals surface area contributed by atoms with Crippen LogP contribution in [0.4, 0.5) is 4.39 Å². The summed E-state index contributed by atoms with van der Waals surface area (Å²) >= 11 is 0. The molecule has 1 saturated carbocycles.